The Morgan fingerprint density at radius 3 is 2.46 bits per heavy atom. The molecule has 2 aromatic carbocycles. The summed E-state index contributed by atoms with van der Waals surface area (Å²) in [6, 6.07) is 12.5. The molecule has 0 radical (unpaired) electrons. The number of hydrogen-bond acceptors (Lipinski definition) is 7. The third-order valence-corrected chi connectivity index (χ3v) is 9.94. The minimum Gasteiger partial charge on any atom is -0.493 e. The van der Waals surface area contributed by atoms with Crippen LogP contribution >= 0.6 is 11.3 Å². The van der Waals surface area contributed by atoms with Crippen LogP contribution in [0.5, 0.6) is 5.75 Å². The molecule has 4 aromatic rings. The van der Waals surface area contributed by atoms with Gasteiger partial charge in [0, 0.05) is 52.3 Å². The zero-order valence-electron chi connectivity index (χ0n) is 26.1. The Hall–Kier alpha value is -4.54. The van der Waals surface area contributed by atoms with Crippen molar-refractivity contribution in [1.82, 2.24) is 10.3 Å². The first-order valence-corrected chi connectivity index (χ1v) is 16.6. The monoisotopic (exact) mass is 638 g/mol. The second-order valence-electron chi connectivity index (χ2n) is 12.1. The summed E-state index contributed by atoms with van der Waals surface area (Å²) in [6.07, 6.45) is 6.38. The van der Waals surface area contributed by atoms with E-state index in [0.717, 1.165) is 58.4 Å². The van der Waals surface area contributed by atoms with Crippen LogP contribution in [0.3, 0.4) is 0 Å². The molecule has 2 amide bonds. The van der Waals surface area contributed by atoms with Crippen molar-refractivity contribution >= 4 is 34.8 Å². The van der Waals surface area contributed by atoms with Gasteiger partial charge < -0.3 is 26.2 Å². The molecule has 0 unspecified atom stereocenters. The van der Waals surface area contributed by atoms with Crippen molar-refractivity contribution in [1.29, 1.82) is 0 Å². The van der Waals surface area contributed by atoms with Gasteiger partial charge in [-0.1, -0.05) is 31.4 Å². The van der Waals surface area contributed by atoms with Gasteiger partial charge in [0.15, 0.2) is 5.69 Å². The van der Waals surface area contributed by atoms with Crippen LogP contribution in [0.4, 0.5) is 5.69 Å². The highest BCUT2D eigenvalue weighted by molar-refractivity contribution is 7.13. The molecule has 10 heteroatoms. The number of fused-ring (bicyclic) bond motifs is 3. The average molecular weight is 639 g/mol. The van der Waals surface area contributed by atoms with Gasteiger partial charge in [0.1, 0.15) is 11.4 Å². The molecule has 1 aliphatic heterocycles. The number of aromatic carboxylic acids is 1. The Labute approximate surface area is 272 Å². The van der Waals surface area contributed by atoms with E-state index in [1.165, 1.54) is 12.5 Å². The normalized spacial score (nSPS) is 14.4. The van der Waals surface area contributed by atoms with Crippen LogP contribution in [0.1, 0.15) is 85.7 Å². The van der Waals surface area contributed by atoms with Crippen molar-refractivity contribution in [2.75, 3.05) is 18.5 Å². The largest absolute Gasteiger partial charge is 0.493 e. The minimum absolute atomic E-state index is 0.0171. The van der Waals surface area contributed by atoms with Crippen molar-refractivity contribution in [2.45, 2.75) is 58.9 Å². The minimum atomic E-state index is -1.30. The highest BCUT2D eigenvalue weighted by atomic mass is 32.1. The number of anilines is 1. The van der Waals surface area contributed by atoms with Crippen LogP contribution < -0.4 is 21.1 Å². The number of aromatic nitrogens is 1. The average Bonchev–Trinajstić information content (AvgIpc) is 3.46. The van der Waals surface area contributed by atoms with E-state index >= 15 is 0 Å². The smallest absolute Gasteiger partial charge is 0.355 e. The van der Waals surface area contributed by atoms with Gasteiger partial charge in [-0.3, -0.25) is 9.59 Å². The summed E-state index contributed by atoms with van der Waals surface area (Å²) in [5.74, 6) is -1.15. The molecule has 1 fully saturated rings. The molecule has 6 rings (SSSR count). The SMILES string of the molecule is Cc1cc(CN)cc(C)c1NC(=O)c1cc2c(cc1-c1ccc(C(=O)NCC3CCCCC3)nc1C(=O)O)OCCc1ccsc1-2. The van der Waals surface area contributed by atoms with Crippen molar-refractivity contribution in [3.05, 3.63) is 87.0 Å². The summed E-state index contributed by atoms with van der Waals surface area (Å²) in [5.41, 5.74) is 11.7. The third kappa shape index (κ3) is 6.41. The van der Waals surface area contributed by atoms with Crippen LogP contribution in [0.2, 0.25) is 0 Å². The number of amides is 2. The number of ether oxygens (including phenoxy) is 1. The summed E-state index contributed by atoms with van der Waals surface area (Å²) < 4.78 is 6.15. The van der Waals surface area contributed by atoms with E-state index in [2.05, 4.69) is 21.7 Å². The maximum absolute atomic E-state index is 14.2. The number of rotatable bonds is 8. The molecule has 3 heterocycles. The Morgan fingerprint density at radius 1 is 0.978 bits per heavy atom. The van der Waals surface area contributed by atoms with E-state index < -0.39 is 17.8 Å². The topological polar surface area (TPSA) is 144 Å². The van der Waals surface area contributed by atoms with Crippen LogP contribution in [-0.2, 0) is 13.0 Å². The number of pyridine rings is 1. The Kier molecular flexibility index (Phi) is 9.19. The molecule has 9 nitrogen and oxygen atoms in total. The summed E-state index contributed by atoms with van der Waals surface area (Å²) >= 11 is 1.57. The molecule has 238 valence electrons. The third-order valence-electron chi connectivity index (χ3n) is 8.95. The van der Waals surface area contributed by atoms with E-state index in [1.807, 2.05) is 31.4 Å². The van der Waals surface area contributed by atoms with Crippen LogP contribution in [0, 0.1) is 19.8 Å². The van der Waals surface area contributed by atoms with E-state index in [4.69, 9.17) is 10.5 Å². The van der Waals surface area contributed by atoms with Crippen LogP contribution in [0.15, 0.2) is 47.8 Å². The van der Waals surface area contributed by atoms with Crippen LogP contribution in [0.25, 0.3) is 21.6 Å². The van der Waals surface area contributed by atoms with Gasteiger partial charge >= 0.3 is 5.97 Å². The highest BCUT2D eigenvalue weighted by Gasteiger charge is 2.27. The lowest BCUT2D eigenvalue weighted by Gasteiger charge is -2.21. The van der Waals surface area contributed by atoms with Crippen LogP contribution in [-0.4, -0.2) is 41.0 Å². The van der Waals surface area contributed by atoms with E-state index in [-0.39, 0.29) is 22.5 Å². The fraction of sp³-hybridized carbons (Fsp3) is 0.333. The van der Waals surface area contributed by atoms with Gasteiger partial charge in [0.2, 0.25) is 0 Å². The highest BCUT2D eigenvalue weighted by Crippen LogP contribution is 2.43. The van der Waals surface area contributed by atoms with Crippen molar-refractivity contribution in [3.63, 3.8) is 0 Å². The molecule has 0 atom stereocenters. The van der Waals surface area contributed by atoms with Gasteiger partial charge in [0.05, 0.1) is 6.61 Å². The second-order valence-corrected chi connectivity index (χ2v) is 13.1. The lowest BCUT2D eigenvalue weighted by molar-refractivity contribution is 0.0691. The van der Waals surface area contributed by atoms with Crippen molar-refractivity contribution in [2.24, 2.45) is 11.7 Å². The van der Waals surface area contributed by atoms with Gasteiger partial charge in [-0.05, 0) is 90.6 Å². The summed E-state index contributed by atoms with van der Waals surface area (Å²) in [6.45, 7) is 5.18. The van der Waals surface area contributed by atoms with E-state index in [9.17, 15) is 19.5 Å². The van der Waals surface area contributed by atoms with Crippen molar-refractivity contribution < 1.29 is 24.2 Å². The molecule has 2 aliphatic rings. The number of nitrogens with zero attached hydrogens (tertiary/aromatic N) is 1. The standard InChI is InChI=1S/C36H38N4O5S/c1-20-14-23(18-37)15-21(2)31(20)40-34(41)27-16-28-30(45-12-10-24-11-13-46-33(24)28)17-26(27)25-8-9-29(39-32(25)36(43)44)35(42)38-19-22-6-4-3-5-7-22/h8-9,11,13-17,22H,3-7,10,12,18-19,37H2,1-2H3,(H,38,42)(H,40,41)(H,43,44). The van der Waals surface area contributed by atoms with Crippen molar-refractivity contribution in [3.8, 4) is 27.3 Å². The van der Waals surface area contributed by atoms with Gasteiger partial charge in [-0.25, -0.2) is 9.78 Å². The molecule has 46 heavy (non-hydrogen) atoms. The number of hydrogen-bond donors (Lipinski definition) is 4. The van der Waals surface area contributed by atoms with Gasteiger partial charge in [-0.15, -0.1) is 11.3 Å². The second kappa shape index (κ2) is 13.4. The number of carboxylic acids is 1. The number of nitrogens with two attached hydrogens (primary N) is 1. The van der Waals surface area contributed by atoms with Gasteiger partial charge in [-0.2, -0.15) is 0 Å². The number of thiophene rings is 1. The Balaban J connectivity index is 1.42. The molecule has 2 aromatic heterocycles. The number of carboxylic acid groups (broad SMARTS) is 1. The quantitative estimate of drug-likeness (QED) is 0.167. The summed E-state index contributed by atoms with van der Waals surface area (Å²) in [4.78, 5) is 45.2. The number of nitrogens with one attached hydrogen (secondary N) is 2. The first-order valence-electron chi connectivity index (χ1n) is 15.8. The van der Waals surface area contributed by atoms with E-state index in [1.54, 1.807) is 29.5 Å². The molecule has 1 saturated carbocycles. The number of benzene rings is 2. The number of aryl methyl sites for hydroxylation is 2. The molecule has 0 bridgehead atoms. The summed E-state index contributed by atoms with van der Waals surface area (Å²) in [7, 11) is 0. The lowest BCUT2D eigenvalue weighted by atomic mass is 9.89. The predicted octanol–water partition coefficient (Wildman–Crippen LogP) is 6.75. The first-order chi connectivity index (χ1) is 22.2. The molecule has 0 saturated heterocycles. The zero-order chi connectivity index (χ0) is 32.4. The zero-order valence-corrected chi connectivity index (χ0v) is 26.9. The van der Waals surface area contributed by atoms with Gasteiger partial charge in [0.25, 0.3) is 11.8 Å². The number of carbonyl (C=O) groups excluding carboxylic acids is 2. The molecular weight excluding hydrogens is 600 g/mol. The number of carbonyl (C=O) groups is 3. The first kappa shape index (κ1) is 31.4. The molecule has 0 spiro atoms. The molecule has 1 aliphatic carbocycles. The molecule has 5 N–H and O–H groups in total. The lowest BCUT2D eigenvalue weighted by Crippen LogP contribution is -2.31. The predicted molar refractivity (Wildman–Crippen MR) is 180 cm³/mol. The Morgan fingerprint density at radius 2 is 1.74 bits per heavy atom. The fourth-order valence-electron chi connectivity index (χ4n) is 6.56. The maximum Gasteiger partial charge on any atom is 0.355 e. The molecular formula is C36H38N4O5S. The van der Waals surface area contributed by atoms with E-state index in [0.29, 0.717) is 49.0 Å². The summed E-state index contributed by atoms with van der Waals surface area (Å²) in [5, 5.41) is 18.3. The Bertz CT molecular complexity index is 1800. The maximum atomic E-state index is 14.2. The fourth-order valence-corrected chi connectivity index (χ4v) is 7.54.